The third-order valence-electron chi connectivity index (χ3n) is 4.24. The normalized spacial score (nSPS) is 12.8. The molecule has 1 aromatic rings. The molecule has 1 unspecified atom stereocenters. The highest BCUT2D eigenvalue weighted by Gasteiger charge is 2.11. The molecule has 0 aromatic heterocycles. The molecule has 1 rings (SSSR count). The van der Waals surface area contributed by atoms with Gasteiger partial charge in [-0.25, -0.2) is 4.99 Å². The number of nitrogens with one attached hydrogen (secondary N) is 2. The van der Waals surface area contributed by atoms with E-state index in [0.29, 0.717) is 11.9 Å². The van der Waals surface area contributed by atoms with Crippen molar-refractivity contribution < 1.29 is 4.79 Å². The van der Waals surface area contributed by atoms with Crippen LogP contribution in [0.2, 0.25) is 0 Å². The van der Waals surface area contributed by atoms with E-state index >= 15 is 0 Å². The number of carbonyl (C=O) groups excluding carboxylic acids is 1. The van der Waals surface area contributed by atoms with Crippen LogP contribution < -0.4 is 10.6 Å². The van der Waals surface area contributed by atoms with Gasteiger partial charge in [0.2, 0.25) is 5.91 Å². The summed E-state index contributed by atoms with van der Waals surface area (Å²) in [4.78, 5) is 17.8. The van der Waals surface area contributed by atoms with Gasteiger partial charge in [-0.2, -0.15) is 0 Å². The van der Waals surface area contributed by atoms with Crippen molar-refractivity contribution in [1.29, 1.82) is 0 Å². The van der Waals surface area contributed by atoms with E-state index in [1.165, 1.54) is 5.56 Å². The second-order valence-electron chi connectivity index (χ2n) is 6.29. The number of likely N-dealkylation sites (N-methyl/N-ethyl adjacent to an activating group) is 1. The predicted octanol–water partition coefficient (Wildman–Crippen LogP) is 2.81. The van der Waals surface area contributed by atoms with Gasteiger partial charge in [0.1, 0.15) is 6.54 Å². The van der Waals surface area contributed by atoms with Crippen molar-refractivity contribution in [2.75, 3.05) is 27.2 Å². The largest absolute Gasteiger partial charge is 0.356 e. The van der Waals surface area contributed by atoms with Gasteiger partial charge in [0, 0.05) is 20.6 Å². The van der Waals surface area contributed by atoms with Gasteiger partial charge in [-0.1, -0.05) is 57.0 Å². The summed E-state index contributed by atoms with van der Waals surface area (Å²) in [6, 6.07) is 10.3. The average Bonchev–Trinajstić information content (AvgIpc) is 2.60. The van der Waals surface area contributed by atoms with Crippen LogP contribution >= 0.6 is 0 Å². The van der Waals surface area contributed by atoms with E-state index in [0.717, 1.165) is 19.4 Å². The van der Waals surface area contributed by atoms with Crippen LogP contribution in [0.25, 0.3) is 0 Å². The molecule has 0 saturated heterocycles. The summed E-state index contributed by atoms with van der Waals surface area (Å²) >= 11 is 0. The number of nitrogens with zero attached hydrogens (tertiary/aromatic N) is 2. The molecule has 2 N–H and O–H groups in total. The summed E-state index contributed by atoms with van der Waals surface area (Å²) in [5.41, 5.74) is 1.19. The van der Waals surface area contributed by atoms with E-state index < -0.39 is 0 Å². The van der Waals surface area contributed by atoms with Crippen molar-refractivity contribution in [2.24, 2.45) is 10.9 Å². The van der Waals surface area contributed by atoms with Crippen LogP contribution in [0.3, 0.4) is 0 Å². The fraction of sp³-hybridized carbons (Fsp3) is 0.579. The van der Waals surface area contributed by atoms with Gasteiger partial charge in [-0.05, 0) is 18.4 Å². The Kier molecular flexibility index (Phi) is 8.90. The van der Waals surface area contributed by atoms with Crippen LogP contribution in [-0.4, -0.2) is 44.0 Å². The molecule has 1 atom stereocenters. The van der Waals surface area contributed by atoms with Gasteiger partial charge in [-0.3, -0.25) is 4.79 Å². The molecule has 5 heteroatoms. The lowest BCUT2D eigenvalue weighted by molar-refractivity contribution is -0.127. The SMILES string of the molecule is CCC(CC)CNC(=NCC(=O)N(C)C)NC(C)c1ccccc1. The van der Waals surface area contributed by atoms with Crippen LogP contribution in [-0.2, 0) is 4.79 Å². The van der Waals surface area contributed by atoms with Gasteiger partial charge in [0.25, 0.3) is 0 Å². The molecule has 1 aromatic carbocycles. The minimum Gasteiger partial charge on any atom is -0.356 e. The Labute approximate surface area is 146 Å². The van der Waals surface area contributed by atoms with E-state index in [1.807, 2.05) is 18.2 Å². The molecule has 134 valence electrons. The molecule has 0 spiro atoms. The summed E-state index contributed by atoms with van der Waals surface area (Å²) in [5, 5.41) is 6.78. The molecule has 0 fully saturated rings. The van der Waals surface area contributed by atoms with E-state index in [4.69, 9.17) is 0 Å². The Hall–Kier alpha value is -2.04. The first-order chi connectivity index (χ1) is 11.5. The molecule has 0 heterocycles. The lowest BCUT2D eigenvalue weighted by Crippen LogP contribution is -2.41. The van der Waals surface area contributed by atoms with E-state index in [-0.39, 0.29) is 18.5 Å². The first-order valence-electron chi connectivity index (χ1n) is 8.77. The lowest BCUT2D eigenvalue weighted by Gasteiger charge is -2.21. The maximum Gasteiger partial charge on any atom is 0.243 e. The molecule has 0 radical (unpaired) electrons. The van der Waals surface area contributed by atoms with Gasteiger partial charge in [-0.15, -0.1) is 0 Å². The summed E-state index contributed by atoms with van der Waals surface area (Å²) in [6.07, 6.45) is 2.25. The maximum atomic E-state index is 11.8. The molecule has 0 saturated carbocycles. The summed E-state index contributed by atoms with van der Waals surface area (Å²) in [7, 11) is 3.49. The Morgan fingerprint density at radius 3 is 2.33 bits per heavy atom. The summed E-state index contributed by atoms with van der Waals surface area (Å²) in [5.74, 6) is 1.29. The highest BCUT2D eigenvalue weighted by Crippen LogP contribution is 2.11. The van der Waals surface area contributed by atoms with E-state index in [1.54, 1.807) is 19.0 Å². The standard InChI is InChI=1S/C19H32N4O/c1-6-16(7-2)13-20-19(21-14-18(24)23(4)5)22-15(3)17-11-9-8-10-12-17/h8-12,15-16H,6-7,13-14H2,1-5H3,(H2,20,21,22). The topological polar surface area (TPSA) is 56.7 Å². The second-order valence-corrected chi connectivity index (χ2v) is 6.29. The zero-order valence-corrected chi connectivity index (χ0v) is 15.7. The van der Waals surface area contributed by atoms with Crippen molar-refractivity contribution in [3.63, 3.8) is 0 Å². The molecule has 0 bridgehead atoms. The first kappa shape index (κ1) is 20.0. The van der Waals surface area contributed by atoms with Crippen LogP contribution in [0.15, 0.2) is 35.3 Å². The fourth-order valence-electron chi connectivity index (χ4n) is 2.29. The van der Waals surface area contributed by atoms with Crippen molar-refractivity contribution >= 4 is 11.9 Å². The molecule has 0 aliphatic heterocycles. The smallest absolute Gasteiger partial charge is 0.243 e. The molecule has 1 amide bonds. The Balaban J connectivity index is 2.75. The highest BCUT2D eigenvalue weighted by molar-refractivity contribution is 5.85. The van der Waals surface area contributed by atoms with Crippen LogP contribution in [0.1, 0.15) is 45.2 Å². The number of aliphatic imine (C=N–C) groups is 1. The molecule has 5 nitrogen and oxygen atoms in total. The maximum absolute atomic E-state index is 11.8. The van der Waals surface area contributed by atoms with Gasteiger partial charge >= 0.3 is 0 Å². The molecular formula is C19H32N4O. The zero-order chi connectivity index (χ0) is 17.9. The Bertz CT molecular complexity index is 509. The second kappa shape index (κ2) is 10.7. The summed E-state index contributed by atoms with van der Waals surface area (Å²) < 4.78 is 0. The number of carbonyl (C=O) groups is 1. The quantitative estimate of drug-likeness (QED) is 0.568. The molecule has 0 aliphatic carbocycles. The van der Waals surface area contributed by atoms with Crippen molar-refractivity contribution in [3.8, 4) is 0 Å². The highest BCUT2D eigenvalue weighted by atomic mass is 16.2. The number of rotatable bonds is 8. The third-order valence-corrected chi connectivity index (χ3v) is 4.24. The van der Waals surface area contributed by atoms with Gasteiger partial charge < -0.3 is 15.5 Å². The van der Waals surface area contributed by atoms with Crippen LogP contribution in [0.4, 0.5) is 0 Å². The Morgan fingerprint density at radius 1 is 1.17 bits per heavy atom. The van der Waals surface area contributed by atoms with Crippen LogP contribution in [0.5, 0.6) is 0 Å². The zero-order valence-electron chi connectivity index (χ0n) is 15.7. The predicted molar refractivity (Wildman–Crippen MR) is 101 cm³/mol. The monoisotopic (exact) mass is 332 g/mol. The number of hydrogen-bond donors (Lipinski definition) is 2. The third kappa shape index (κ3) is 7.02. The number of guanidine groups is 1. The van der Waals surface area contributed by atoms with E-state index in [2.05, 4.69) is 48.5 Å². The minimum atomic E-state index is -0.00834. The summed E-state index contributed by atoms with van der Waals surface area (Å²) in [6.45, 7) is 7.49. The molecular weight excluding hydrogens is 300 g/mol. The van der Waals surface area contributed by atoms with Crippen molar-refractivity contribution in [2.45, 2.75) is 39.7 Å². The Morgan fingerprint density at radius 2 is 1.79 bits per heavy atom. The van der Waals surface area contributed by atoms with E-state index in [9.17, 15) is 4.79 Å². The average molecular weight is 332 g/mol. The van der Waals surface area contributed by atoms with Crippen molar-refractivity contribution in [3.05, 3.63) is 35.9 Å². The van der Waals surface area contributed by atoms with Gasteiger partial charge in [0.05, 0.1) is 6.04 Å². The number of amides is 1. The fourth-order valence-corrected chi connectivity index (χ4v) is 2.29. The lowest BCUT2D eigenvalue weighted by atomic mass is 10.0. The van der Waals surface area contributed by atoms with Gasteiger partial charge in [0.15, 0.2) is 5.96 Å². The minimum absolute atomic E-state index is 0.00834. The van der Waals surface area contributed by atoms with Crippen LogP contribution in [0, 0.1) is 5.92 Å². The molecule has 24 heavy (non-hydrogen) atoms. The van der Waals surface area contributed by atoms with Crippen molar-refractivity contribution in [1.82, 2.24) is 15.5 Å². The number of benzene rings is 1. The number of hydrogen-bond acceptors (Lipinski definition) is 2. The molecule has 0 aliphatic rings. The first-order valence-corrected chi connectivity index (χ1v) is 8.77.